The lowest BCUT2D eigenvalue weighted by Crippen LogP contribution is -2.20. The molecular formula is C18H25N3. The number of benzene rings is 1. The molecule has 2 aromatic rings. The van der Waals surface area contributed by atoms with Crippen LogP contribution in [0, 0.1) is 0 Å². The summed E-state index contributed by atoms with van der Waals surface area (Å²) >= 11 is 0. The molecule has 0 unspecified atom stereocenters. The second kappa shape index (κ2) is 7.79. The van der Waals surface area contributed by atoms with E-state index in [0.717, 1.165) is 36.5 Å². The number of pyridine rings is 1. The molecule has 1 heterocycles. The number of nitrogens with zero attached hydrogens (tertiary/aromatic N) is 2. The highest BCUT2D eigenvalue weighted by Gasteiger charge is 2.11. The second-order valence-corrected chi connectivity index (χ2v) is 5.22. The maximum absolute atomic E-state index is 5.83. The summed E-state index contributed by atoms with van der Waals surface area (Å²) in [7, 11) is 0. The normalized spacial score (nSPS) is 10.6. The summed E-state index contributed by atoms with van der Waals surface area (Å²) in [5, 5.41) is 0. The maximum atomic E-state index is 5.83. The van der Waals surface area contributed by atoms with Gasteiger partial charge < -0.3 is 10.6 Å². The van der Waals surface area contributed by atoms with Crippen LogP contribution in [-0.4, -0.2) is 11.5 Å². The molecule has 0 aliphatic carbocycles. The van der Waals surface area contributed by atoms with E-state index in [1.54, 1.807) is 0 Å². The highest BCUT2D eigenvalue weighted by Crippen LogP contribution is 2.25. The first-order valence-electron chi connectivity index (χ1n) is 7.81. The molecule has 2 N–H and O–H groups in total. The van der Waals surface area contributed by atoms with Crippen molar-refractivity contribution in [1.82, 2.24) is 4.98 Å². The highest BCUT2D eigenvalue weighted by atomic mass is 15.2. The Hall–Kier alpha value is -1.87. The first-order valence-corrected chi connectivity index (χ1v) is 7.81. The predicted octanol–water partition coefficient (Wildman–Crippen LogP) is 4.04. The second-order valence-electron chi connectivity index (χ2n) is 5.22. The fourth-order valence-corrected chi connectivity index (χ4v) is 2.37. The van der Waals surface area contributed by atoms with E-state index in [0.29, 0.717) is 6.54 Å². The van der Waals surface area contributed by atoms with E-state index in [4.69, 9.17) is 10.7 Å². The van der Waals surface area contributed by atoms with Crippen LogP contribution < -0.4 is 10.6 Å². The van der Waals surface area contributed by atoms with Crippen LogP contribution in [0.3, 0.4) is 0 Å². The molecule has 1 aromatic heterocycles. The number of anilines is 2. The van der Waals surface area contributed by atoms with E-state index in [1.165, 1.54) is 12.1 Å². The average Bonchev–Trinajstić information content (AvgIpc) is 2.55. The van der Waals surface area contributed by atoms with E-state index in [9.17, 15) is 0 Å². The number of aryl methyl sites for hydroxylation is 1. The molecule has 1 aromatic carbocycles. The van der Waals surface area contributed by atoms with Gasteiger partial charge in [-0.2, -0.15) is 0 Å². The van der Waals surface area contributed by atoms with Gasteiger partial charge in [-0.25, -0.2) is 4.98 Å². The minimum Gasteiger partial charge on any atom is -0.326 e. The third kappa shape index (κ3) is 4.05. The zero-order valence-electron chi connectivity index (χ0n) is 13.0. The molecule has 3 heteroatoms. The Balaban J connectivity index is 2.40. The van der Waals surface area contributed by atoms with E-state index < -0.39 is 0 Å². The Kier molecular flexibility index (Phi) is 5.76. The molecule has 0 amide bonds. The molecule has 21 heavy (non-hydrogen) atoms. The molecule has 0 saturated heterocycles. The van der Waals surface area contributed by atoms with Crippen LogP contribution in [0.2, 0.25) is 0 Å². The van der Waals surface area contributed by atoms with Crippen molar-refractivity contribution < 1.29 is 0 Å². The van der Waals surface area contributed by atoms with Crippen molar-refractivity contribution in [3.63, 3.8) is 0 Å². The first kappa shape index (κ1) is 15.5. The summed E-state index contributed by atoms with van der Waals surface area (Å²) in [4.78, 5) is 7.09. The standard InChI is InChI=1S/C18H25N3/c1-3-5-11-21(17-9-7-6-8-10-17)18-13-15(14-19)12-16(4-2)20-18/h6-10,12-13H,3-5,11,14,19H2,1-2H3. The predicted molar refractivity (Wildman–Crippen MR) is 89.9 cm³/mol. The van der Waals surface area contributed by atoms with Crippen molar-refractivity contribution in [2.24, 2.45) is 5.73 Å². The topological polar surface area (TPSA) is 42.1 Å². The zero-order valence-corrected chi connectivity index (χ0v) is 13.0. The number of unbranched alkanes of at least 4 members (excludes halogenated alkanes) is 1. The van der Waals surface area contributed by atoms with Gasteiger partial charge in [-0.05, 0) is 42.7 Å². The Bertz CT molecular complexity index is 529. The fraction of sp³-hybridized carbons (Fsp3) is 0.389. The molecule has 3 nitrogen and oxygen atoms in total. The van der Waals surface area contributed by atoms with Crippen LogP contribution in [0.5, 0.6) is 0 Å². The SMILES string of the molecule is CCCCN(c1ccccc1)c1cc(CN)cc(CC)n1. The van der Waals surface area contributed by atoms with Gasteiger partial charge in [0.05, 0.1) is 0 Å². The van der Waals surface area contributed by atoms with Crippen LogP contribution in [0.4, 0.5) is 11.5 Å². The van der Waals surface area contributed by atoms with Gasteiger partial charge in [0.25, 0.3) is 0 Å². The van der Waals surface area contributed by atoms with Crippen LogP contribution in [0.25, 0.3) is 0 Å². The molecule has 0 spiro atoms. The van der Waals surface area contributed by atoms with Gasteiger partial charge in [0.1, 0.15) is 5.82 Å². The lowest BCUT2D eigenvalue weighted by molar-refractivity contribution is 0.776. The summed E-state index contributed by atoms with van der Waals surface area (Å²) in [5.74, 6) is 1.01. The largest absolute Gasteiger partial charge is 0.326 e. The monoisotopic (exact) mass is 283 g/mol. The van der Waals surface area contributed by atoms with Gasteiger partial charge in [-0.15, -0.1) is 0 Å². The van der Waals surface area contributed by atoms with Crippen molar-refractivity contribution >= 4 is 11.5 Å². The summed E-state index contributed by atoms with van der Waals surface area (Å²) in [6.07, 6.45) is 3.24. The molecule has 0 radical (unpaired) electrons. The van der Waals surface area contributed by atoms with Gasteiger partial charge in [-0.1, -0.05) is 38.5 Å². The Morgan fingerprint density at radius 3 is 2.48 bits per heavy atom. The maximum Gasteiger partial charge on any atom is 0.133 e. The van der Waals surface area contributed by atoms with E-state index >= 15 is 0 Å². The first-order chi connectivity index (χ1) is 10.3. The minimum absolute atomic E-state index is 0.554. The summed E-state index contributed by atoms with van der Waals surface area (Å²) in [6.45, 7) is 5.87. The van der Waals surface area contributed by atoms with Crippen LogP contribution in [0.1, 0.15) is 37.9 Å². The number of hydrogen-bond acceptors (Lipinski definition) is 3. The minimum atomic E-state index is 0.554. The molecule has 0 atom stereocenters. The lowest BCUT2D eigenvalue weighted by Gasteiger charge is -2.25. The number of nitrogens with two attached hydrogens (primary N) is 1. The molecule has 0 aliphatic rings. The van der Waals surface area contributed by atoms with Crippen LogP contribution in [-0.2, 0) is 13.0 Å². The van der Waals surface area contributed by atoms with E-state index in [1.807, 2.05) is 6.07 Å². The third-order valence-corrected chi connectivity index (χ3v) is 3.60. The quantitative estimate of drug-likeness (QED) is 0.834. The van der Waals surface area contributed by atoms with Crippen molar-refractivity contribution in [3.05, 3.63) is 53.7 Å². The number of para-hydroxylation sites is 1. The van der Waals surface area contributed by atoms with Crippen LogP contribution >= 0.6 is 0 Å². The smallest absolute Gasteiger partial charge is 0.133 e. The Labute approximate surface area is 127 Å². The van der Waals surface area contributed by atoms with Gasteiger partial charge in [0, 0.05) is 24.5 Å². The summed E-state index contributed by atoms with van der Waals surface area (Å²) < 4.78 is 0. The van der Waals surface area contributed by atoms with Crippen molar-refractivity contribution in [1.29, 1.82) is 0 Å². The van der Waals surface area contributed by atoms with Gasteiger partial charge >= 0.3 is 0 Å². The number of hydrogen-bond donors (Lipinski definition) is 1. The summed E-state index contributed by atoms with van der Waals surface area (Å²) in [5.41, 5.74) is 9.27. The number of aromatic nitrogens is 1. The van der Waals surface area contributed by atoms with E-state index in [-0.39, 0.29) is 0 Å². The third-order valence-electron chi connectivity index (χ3n) is 3.60. The van der Waals surface area contributed by atoms with Crippen molar-refractivity contribution in [2.75, 3.05) is 11.4 Å². The van der Waals surface area contributed by atoms with Crippen molar-refractivity contribution in [3.8, 4) is 0 Å². The van der Waals surface area contributed by atoms with Gasteiger partial charge in [-0.3, -0.25) is 0 Å². The molecule has 2 rings (SSSR count). The molecule has 0 fully saturated rings. The highest BCUT2D eigenvalue weighted by molar-refractivity contribution is 5.60. The van der Waals surface area contributed by atoms with Crippen molar-refractivity contribution in [2.45, 2.75) is 39.7 Å². The Morgan fingerprint density at radius 1 is 1.10 bits per heavy atom. The zero-order chi connectivity index (χ0) is 15.1. The average molecular weight is 283 g/mol. The van der Waals surface area contributed by atoms with Gasteiger partial charge in [0.2, 0.25) is 0 Å². The lowest BCUT2D eigenvalue weighted by atomic mass is 10.1. The fourth-order valence-electron chi connectivity index (χ4n) is 2.37. The molecule has 112 valence electrons. The molecular weight excluding hydrogens is 258 g/mol. The molecule has 0 saturated carbocycles. The summed E-state index contributed by atoms with van der Waals surface area (Å²) in [6, 6.07) is 14.7. The molecule has 0 bridgehead atoms. The van der Waals surface area contributed by atoms with Crippen LogP contribution in [0.15, 0.2) is 42.5 Å². The Morgan fingerprint density at radius 2 is 1.86 bits per heavy atom. The number of rotatable bonds is 7. The van der Waals surface area contributed by atoms with E-state index in [2.05, 4.69) is 55.1 Å². The van der Waals surface area contributed by atoms with Gasteiger partial charge in [0.15, 0.2) is 0 Å². The molecule has 0 aliphatic heterocycles.